The van der Waals surface area contributed by atoms with Crippen LogP contribution in [0.1, 0.15) is 58.1 Å². The van der Waals surface area contributed by atoms with Gasteiger partial charge in [-0.3, -0.25) is 13.9 Å². The van der Waals surface area contributed by atoms with Crippen LogP contribution in [0.5, 0.6) is 0 Å². The molecule has 0 radical (unpaired) electrons. The Bertz CT molecular complexity index is 1090. The lowest BCUT2D eigenvalue weighted by atomic mass is 10.0. The average Bonchev–Trinajstić information content (AvgIpc) is 2.82. The SMILES string of the molecule is CCC(C)NC(=O)C(C)N(CCc1ccccc1)C(=O)CN(c1ccccc1C(C)C)S(C)(=O)=O. The second-order valence-corrected chi connectivity index (χ2v) is 11.2. The number of sulfonamides is 1. The summed E-state index contributed by atoms with van der Waals surface area (Å²) in [5.74, 6) is -0.606. The Kier molecular flexibility index (Phi) is 10.3. The third-order valence-corrected chi connectivity index (χ3v) is 7.29. The Morgan fingerprint density at radius 2 is 1.54 bits per heavy atom. The van der Waals surface area contributed by atoms with Crippen LogP contribution >= 0.6 is 0 Å². The molecule has 2 aromatic carbocycles. The third-order valence-electron chi connectivity index (χ3n) is 6.16. The minimum Gasteiger partial charge on any atom is -0.352 e. The normalized spacial score (nSPS) is 13.2. The minimum absolute atomic E-state index is 0.0264. The molecular formula is C27H39N3O4S. The van der Waals surface area contributed by atoms with E-state index < -0.39 is 22.0 Å². The number of nitrogens with one attached hydrogen (secondary N) is 1. The molecule has 2 aromatic rings. The topological polar surface area (TPSA) is 86.8 Å². The highest BCUT2D eigenvalue weighted by atomic mass is 32.2. The van der Waals surface area contributed by atoms with Gasteiger partial charge in [0.25, 0.3) is 0 Å². The van der Waals surface area contributed by atoms with Gasteiger partial charge in [0.1, 0.15) is 12.6 Å². The fourth-order valence-corrected chi connectivity index (χ4v) is 4.70. The van der Waals surface area contributed by atoms with Crippen molar-refractivity contribution in [2.75, 3.05) is 23.7 Å². The fourth-order valence-electron chi connectivity index (χ4n) is 3.83. The standard InChI is InChI=1S/C27H39N3O4S/c1-7-21(4)28-27(32)22(5)29(18-17-23-13-9-8-10-14-23)26(31)19-30(35(6,33)34)25-16-12-11-15-24(25)20(2)3/h8-16,20-22H,7,17-19H2,1-6H3,(H,28,32). The van der Waals surface area contributed by atoms with E-state index in [0.717, 1.165) is 28.1 Å². The molecule has 192 valence electrons. The van der Waals surface area contributed by atoms with Gasteiger partial charge < -0.3 is 10.2 Å². The Balaban J connectivity index is 2.37. The summed E-state index contributed by atoms with van der Waals surface area (Å²) in [5.41, 5.74) is 2.35. The first-order valence-electron chi connectivity index (χ1n) is 12.2. The monoisotopic (exact) mass is 501 g/mol. The molecule has 0 aliphatic carbocycles. The number of carbonyl (C=O) groups excluding carboxylic acids is 2. The van der Waals surface area contributed by atoms with Crippen molar-refractivity contribution in [1.82, 2.24) is 10.2 Å². The highest BCUT2D eigenvalue weighted by Gasteiger charge is 2.31. The van der Waals surface area contributed by atoms with E-state index in [-0.39, 0.29) is 24.4 Å². The van der Waals surface area contributed by atoms with Crippen LogP contribution in [0.15, 0.2) is 54.6 Å². The predicted octanol–water partition coefficient (Wildman–Crippen LogP) is 3.95. The Morgan fingerprint density at radius 3 is 2.11 bits per heavy atom. The van der Waals surface area contributed by atoms with Crippen LogP contribution in [0.25, 0.3) is 0 Å². The molecule has 35 heavy (non-hydrogen) atoms. The molecule has 0 heterocycles. The lowest BCUT2D eigenvalue weighted by Crippen LogP contribution is -2.53. The van der Waals surface area contributed by atoms with E-state index in [4.69, 9.17) is 0 Å². The number of para-hydroxylation sites is 1. The average molecular weight is 502 g/mol. The van der Waals surface area contributed by atoms with Crippen molar-refractivity contribution >= 4 is 27.5 Å². The minimum atomic E-state index is -3.75. The Morgan fingerprint density at radius 1 is 0.943 bits per heavy atom. The third kappa shape index (κ3) is 8.09. The zero-order valence-corrected chi connectivity index (χ0v) is 22.5. The van der Waals surface area contributed by atoms with E-state index in [1.54, 1.807) is 19.1 Å². The summed E-state index contributed by atoms with van der Waals surface area (Å²) in [6, 6.07) is 16.1. The van der Waals surface area contributed by atoms with Gasteiger partial charge in [-0.25, -0.2) is 8.42 Å². The summed E-state index contributed by atoms with van der Waals surface area (Å²) in [7, 11) is -3.75. The molecule has 2 amide bonds. The summed E-state index contributed by atoms with van der Waals surface area (Å²) >= 11 is 0. The number of carbonyl (C=O) groups is 2. The van der Waals surface area contributed by atoms with E-state index in [9.17, 15) is 18.0 Å². The van der Waals surface area contributed by atoms with Crippen molar-refractivity contribution in [3.05, 3.63) is 65.7 Å². The molecule has 0 saturated heterocycles. The second kappa shape index (κ2) is 12.7. The van der Waals surface area contributed by atoms with Gasteiger partial charge in [-0.2, -0.15) is 0 Å². The number of anilines is 1. The van der Waals surface area contributed by atoms with Crippen LogP contribution in [0, 0.1) is 0 Å². The molecule has 0 aromatic heterocycles. The molecule has 0 fully saturated rings. The van der Waals surface area contributed by atoms with Crippen LogP contribution in [0.4, 0.5) is 5.69 Å². The van der Waals surface area contributed by atoms with Crippen LogP contribution in [0.3, 0.4) is 0 Å². The van der Waals surface area contributed by atoms with Crippen molar-refractivity contribution in [2.45, 2.75) is 65.5 Å². The predicted molar refractivity (Wildman–Crippen MR) is 142 cm³/mol. The number of benzene rings is 2. The molecule has 0 bridgehead atoms. The van der Waals surface area contributed by atoms with Crippen molar-refractivity contribution in [3.63, 3.8) is 0 Å². The quantitative estimate of drug-likeness (QED) is 0.477. The summed E-state index contributed by atoms with van der Waals surface area (Å²) in [6.45, 7) is 9.45. The maximum atomic E-state index is 13.6. The van der Waals surface area contributed by atoms with Crippen molar-refractivity contribution in [1.29, 1.82) is 0 Å². The molecule has 2 unspecified atom stereocenters. The van der Waals surface area contributed by atoms with Gasteiger partial charge in [0.2, 0.25) is 21.8 Å². The first-order chi connectivity index (χ1) is 16.5. The van der Waals surface area contributed by atoms with Crippen LogP contribution in [-0.4, -0.2) is 56.6 Å². The molecular weight excluding hydrogens is 462 g/mol. The van der Waals surface area contributed by atoms with E-state index >= 15 is 0 Å². The highest BCUT2D eigenvalue weighted by molar-refractivity contribution is 7.92. The van der Waals surface area contributed by atoms with Crippen molar-refractivity contribution in [3.8, 4) is 0 Å². The summed E-state index contributed by atoms with van der Waals surface area (Å²) in [4.78, 5) is 28.0. The lowest BCUT2D eigenvalue weighted by Gasteiger charge is -2.32. The number of hydrogen-bond donors (Lipinski definition) is 1. The number of amides is 2. The van der Waals surface area contributed by atoms with Gasteiger partial charge in [-0.05, 0) is 49.8 Å². The number of rotatable bonds is 12. The first-order valence-corrected chi connectivity index (χ1v) is 14.0. The molecule has 2 rings (SSSR count). The Labute approximate surface area is 210 Å². The first kappa shape index (κ1) is 28.4. The van der Waals surface area contributed by atoms with E-state index in [1.165, 1.54) is 4.90 Å². The van der Waals surface area contributed by atoms with E-state index in [1.807, 2.05) is 70.2 Å². The molecule has 0 aliphatic heterocycles. The largest absolute Gasteiger partial charge is 0.352 e. The maximum Gasteiger partial charge on any atom is 0.244 e. The maximum absolute atomic E-state index is 13.6. The Hall–Kier alpha value is -2.87. The summed E-state index contributed by atoms with van der Waals surface area (Å²) < 4.78 is 26.8. The van der Waals surface area contributed by atoms with Crippen LogP contribution < -0.4 is 9.62 Å². The van der Waals surface area contributed by atoms with Crippen LogP contribution in [0.2, 0.25) is 0 Å². The van der Waals surface area contributed by atoms with Gasteiger partial charge >= 0.3 is 0 Å². The summed E-state index contributed by atoms with van der Waals surface area (Å²) in [6.07, 6.45) is 2.42. The number of hydrogen-bond acceptors (Lipinski definition) is 4. The van der Waals surface area contributed by atoms with E-state index in [0.29, 0.717) is 18.7 Å². The van der Waals surface area contributed by atoms with Crippen molar-refractivity contribution < 1.29 is 18.0 Å². The molecule has 0 saturated carbocycles. The number of nitrogens with zero attached hydrogens (tertiary/aromatic N) is 2. The zero-order chi connectivity index (χ0) is 26.2. The fraction of sp³-hybridized carbons (Fsp3) is 0.481. The molecule has 0 aliphatic rings. The van der Waals surface area contributed by atoms with Gasteiger partial charge in [0, 0.05) is 12.6 Å². The lowest BCUT2D eigenvalue weighted by molar-refractivity contribution is -0.139. The highest BCUT2D eigenvalue weighted by Crippen LogP contribution is 2.29. The smallest absolute Gasteiger partial charge is 0.244 e. The summed E-state index contributed by atoms with van der Waals surface area (Å²) in [5, 5.41) is 2.94. The van der Waals surface area contributed by atoms with E-state index in [2.05, 4.69) is 5.32 Å². The molecule has 1 N–H and O–H groups in total. The zero-order valence-electron chi connectivity index (χ0n) is 21.7. The second-order valence-electron chi connectivity index (χ2n) is 9.30. The molecule has 0 spiro atoms. The van der Waals surface area contributed by atoms with Gasteiger partial charge in [-0.15, -0.1) is 0 Å². The van der Waals surface area contributed by atoms with Gasteiger partial charge in [0.05, 0.1) is 11.9 Å². The van der Waals surface area contributed by atoms with Crippen molar-refractivity contribution in [2.24, 2.45) is 0 Å². The van der Waals surface area contributed by atoms with Crippen LogP contribution in [-0.2, 0) is 26.0 Å². The molecule has 8 heteroatoms. The molecule has 7 nitrogen and oxygen atoms in total. The van der Waals surface area contributed by atoms with Gasteiger partial charge in [-0.1, -0.05) is 69.3 Å². The van der Waals surface area contributed by atoms with Gasteiger partial charge in [0.15, 0.2) is 0 Å². The molecule has 2 atom stereocenters.